The summed E-state index contributed by atoms with van der Waals surface area (Å²) in [5, 5.41) is 3.32. The minimum absolute atomic E-state index is 0.00530. The molecule has 0 radical (unpaired) electrons. The summed E-state index contributed by atoms with van der Waals surface area (Å²) in [5.41, 5.74) is 6.75. The van der Waals surface area contributed by atoms with Crippen molar-refractivity contribution in [2.75, 3.05) is 25.0 Å². The molecule has 1 atom stereocenters. The second-order valence-corrected chi connectivity index (χ2v) is 5.79. The van der Waals surface area contributed by atoms with E-state index in [2.05, 4.69) is 21.2 Å². The molecule has 0 aromatic heterocycles. The number of amides is 1. The summed E-state index contributed by atoms with van der Waals surface area (Å²) in [5.74, 6) is 0.206. The van der Waals surface area contributed by atoms with Gasteiger partial charge in [-0.05, 0) is 37.1 Å². The van der Waals surface area contributed by atoms with Gasteiger partial charge in [0.05, 0.1) is 0 Å². The van der Waals surface area contributed by atoms with Crippen LogP contribution in [0.4, 0.5) is 5.69 Å². The van der Waals surface area contributed by atoms with E-state index < -0.39 is 0 Å². The standard InChI is InChI=1S/C14H20BrN3O/c15-11-3-5-12(6-4-11)17-13(10-16)9-14(19)18-7-1-2-8-18/h3-6,13,17H,1-2,7-10,16H2. The molecule has 1 amide bonds. The lowest BCUT2D eigenvalue weighted by Crippen LogP contribution is -2.37. The van der Waals surface area contributed by atoms with Crippen LogP contribution in [0.3, 0.4) is 0 Å². The Morgan fingerprint density at radius 3 is 2.53 bits per heavy atom. The van der Waals surface area contributed by atoms with Crippen molar-refractivity contribution < 1.29 is 4.79 Å². The zero-order chi connectivity index (χ0) is 13.7. The van der Waals surface area contributed by atoms with Crippen molar-refractivity contribution in [3.8, 4) is 0 Å². The average molecular weight is 326 g/mol. The molecule has 4 nitrogen and oxygen atoms in total. The Kier molecular flexibility index (Phi) is 5.22. The number of nitrogens with one attached hydrogen (secondary N) is 1. The van der Waals surface area contributed by atoms with Crippen LogP contribution in [-0.2, 0) is 4.79 Å². The van der Waals surface area contributed by atoms with Gasteiger partial charge in [-0.25, -0.2) is 0 Å². The lowest BCUT2D eigenvalue weighted by molar-refractivity contribution is -0.130. The molecule has 1 aromatic rings. The zero-order valence-electron chi connectivity index (χ0n) is 10.9. The molecule has 1 unspecified atom stereocenters. The number of likely N-dealkylation sites (tertiary alicyclic amines) is 1. The Labute approximate surface area is 122 Å². The fourth-order valence-corrected chi connectivity index (χ4v) is 2.55. The predicted octanol–water partition coefficient (Wildman–Crippen LogP) is 2.20. The van der Waals surface area contributed by atoms with Crippen molar-refractivity contribution in [1.82, 2.24) is 4.90 Å². The van der Waals surface area contributed by atoms with Gasteiger partial charge in [0, 0.05) is 42.3 Å². The van der Waals surface area contributed by atoms with Gasteiger partial charge in [-0.15, -0.1) is 0 Å². The maximum absolute atomic E-state index is 12.1. The van der Waals surface area contributed by atoms with Gasteiger partial charge in [-0.1, -0.05) is 15.9 Å². The predicted molar refractivity (Wildman–Crippen MR) is 81.0 cm³/mol. The lowest BCUT2D eigenvalue weighted by Gasteiger charge is -2.21. The van der Waals surface area contributed by atoms with E-state index in [-0.39, 0.29) is 11.9 Å². The first kappa shape index (κ1) is 14.3. The highest BCUT2D eigenvalue weighted by molar-refractivity contribution is 9.10. The molecule has 0 spiro atoms. The van der Waals surface area contributed by atoms with Crippen LogP contribution < -0.4 is 11.1 Å². The topological polar surface area (TPSA) is 58.4 Å². The summed E-state index contributed by atoms with van der Waals surface area (Å²) in [4.78, 5) is 14.0. The van der Waals surface area contributed by atoms with E-state index >= 15 is 0 Å². The van der Waals surface area contributed by atoms with Crippen molar-refractivity contribution in [3.05, 3.63) is 28.7 Å². The van der Waals surface area contributed by atoms with Crippen LogP contribution in [0.2, 0.25) is 0 Å². The van der Waals surface area contributed by atoms with Crippen molar-refractivity contribution in [2.45, 2.75) is 25.3 Å². The number of hydrogen-bond donors (Lipinski definition) is 2. The molecule has 1 heterocycles. The summed E-state index contributed by atoms with van der Waals surface area (Å²) in [6.07, 6.45) is 2.71. The van der Waals surface area contributed by atoms with Crippen LogP contribution in [0.1, 0.15) is 19.3 Å². The molecule has 0 bridgehead atoms. The number of hydrogen-bond acceptors (Lipinski definition) is 3. The third kappa shape index (κ3) is 4.21. The summed E-state index contributed by atoms with van der Waals surface area (Å²) >= 11 is 3.40. The highest BCUT2D eigenvalue weighted by Crippen LogP contribution is 2.16. The van der Waals surface area contributed by atoms with Crippen LogP contribution in [0.25, 0.3) is 0 Å². The Morgan fingerprint density at radius 2 is 1.95 bits per heavy atom. The summed E-state index contributed by atoms with van der Waals surface area (Å²) in [6, 6.07) is 7.89. The monoisotopic (exact) mass is 325 g/mol. The summed E-state index contributed by atoms with van der Waals surface area (Å²) in [6.45, 7) is 2.25. The normalized spacial score (nSPS) is 16.4. The van der Waals surface area contributed by atoms with E-state index in [1.165, 1.54) is 0 Å². The zero-order valence-corrected chi connectivity index (χ0v) is 12.5. The van der Waals surface area contributed by atoms with Crippen molar-refractivity contribution in [2.24, 2.45) is 5.73 Å². The van der Waals surface area contributed by atoms with Crippen LogP contribution in [0.15, 0.2) is 28.7 Å². The minimum Gasteiger partial charge on any atom is -0.381 e. The van der Waals surface area contributed by atoms with Crippen LogP contribution in [-0.4, -0.2) is 36.5 Å². The quantitative estimate of drug-likeness (QED) is 0.872. The van der Waals surface area contributed by atoms with Crippen molar-refractivity contribution in [1.29, 1.82) is 0 Å². The molecule has 2 rings (SSSR count). The van der Waals surface area contributed by atoms with Crippen LogP contribution in [0.5, 0.6) is 0 Å². The second-order valence-electron chi connectivity index (χ2n) is 4.88. The Bertz CT molecular complexity index is 415. The number of nitrogens with zero attached hydrogens (tertiary/aromatic N) is 1. The van der Waals surface area contributed by atoms with E-state index in [0.717, 1.165) is 36.1 Å². The Hall–Kier alpha value is -1.07. The van der Waals surface area contributed by atoms with Gasteiger partial charge in [0.1, 0.15) is 0 Å². The molecule has 1 saturated heterocycles. The molecule has 1 aliphatic heterocycles. The Balaban J connectivity index is 1.88. The third-order valence-corrected chi connectivity index (χ3v) is 3.91. The molecule has 104 valence electrons. The second kappa shape index (κ2) is 6.91. The van der Waals surface area contributed by atoms with Gasteiger partial charge >= 0.3 is 0 Å². The number of rotatable bonds is 5. The highest BCUT2D eigenvalue weighted by atomic mass is 79.9. The molecular weight excluding hydrogens is 306 g/mol. The lowest BCUT2D eigenvalue weighted by atomic mass is 10.1. The van der Waals surface area contributed by atoms with E-state index in [9.17, 15) is 4.79 Å². The van der Waals surface area contributed by atoms with Crippen molar-refractivity contribution >= 4 is 27.5 Å². The molecule has 0 aliphatic carbocycles. The third-order valence-electron chi connectivity index (χ3n) is 3.38. The molecule has 5 heteroatoms. The smallest absolute Gasteiger partial charge is 0.224 e. The number of anilines is 1. The molecule has 1 aliphatic rings. The van der Waals surface area contributed by atoms with E-state index in [0.29, 0.717) is 13.0 Å². The van der Waals surface area contributed by atoms with E-state index in [1.807, 2.05) is 29.2 Å². The molecule has 0 saturated carbocycles. The van der Waals surface area contributed by atoms with Gasteiger partial charge in [0.2, 0.25) is 5.91 Å². The van der Waals surface area contributed by atoms with Gasteiger partial charge in [-0.3, -0.25) is 4.79 Å². The minimum atomic E-state index is -0.00530. The number of nitrogens with two attached hydrogens (primary N) is 1. The fourth-order valence-electron chi connectivity index (χ4n) is 2.28. The summed E-state index contributed by atoms with van der Waals surface area (Å²) in [7, 11) is 0. The number of benzene rings is 1. The highest BCUT2D eigenvalue weighted by Gasteiger charge is 2.21. The van der Waals surface area contributed by atoms with Gasteiger partial charge in [-0.2, -0.15) is 0 Å². The Morgan fingerprint density at radius 1 is 1.32 bits per heavy atom. The SMILES string of the molecule is NCC(CC(=O)N1CCCC1)Nc1ccc(Br)cc1. The van der Waals surface area contributed by atoms with Gasteiger partial charge in [0.15, 0.2) is 0 Å². The maximum atomic E-state index is 12.1. The van der Waals surface area contributed by atoms with E-state index in [1.54, 1.807) is 0 Å². The molecular formula is C14H20BrN3O. The van der Waals surface area contributed by atoms with Gasteiger partial charge < -0.3 is 16.0 Å². The van der Waals surface area contributed by atoms with Crippen LogP contribution in [0, 0.1) is 0 Å². The first-order valence-electron chi connectivity index (χ1n) is 6.69. The maximum Gasteiger partial charge on any atom is 0.224 e. The van der Waals surface area contributed by atoms with E-state index in [4.69, 9.17) is 5.73 Å². The molecule has 1 aromatic carbocycles. The largest absolute Gasteiger partial charge is 0.381 e. The first-order valence-corrected chi connectivity index (χ1v) is 7.48. The summed E-state index contributed by atoms with van der Waals surface area (Å²) < 4.78 is 1.04. The number of halogens is 1. The number of carbonyl (C=O) groups excluding carboxylic acids is 1. The average Bonchev–Trinajstić information content (AvgIpc) is 2.94. The molecule has 1 fully saturated rings. The fraction of sp³-hybridized carbons (Fsp3) is 0.500. The number of carbonyl (C=O) groups is 1. The first-order chi connectivity index (χ1) is 9.19. The van der Waals surface area contributed by atoms with Gasteiger partial charge in [0.25, 0.3) is 0 Å². The molecule has 3 N–H and O–H groups in total. The van der Waals surface area contributed by atoms with Crippen LogP contribution >= 0.6 is 15.9 Å². The molecule has 19 heavy (non-hydrogen) atoms. The van der Waals surface area contributed by atoms with Crippen molar-refractivity contribution in [3.63, 3.8) is 0 Å².